The molecule has 2 atom stereocenters. The van der Waals surface area contributed by atoms with Gasteiger partial charge in [-0.25, -0.2) is 0 Å². The van der Waals surface area contributed by atoms with E-state index >= 15 is 0 Å². The molecule has 0 saturated carbocycles. The largest absolute Gasteiger partial charge is 0.370 e. The third-order valence-corrected chi connectivity index (χ3v) is 4.98. The lowest BCUT2D eigenvalue weighted by Crippen LogP contribution is -2.39. The van der Waals surface area contributed by atoms with E-state index in [1.807, 2.05) is 19.1 Å². The standard InChI is InChI=1S/C16H23N3O2/c1-12-10-14(5-6-16(12)19(20)21)17-9-7-15(11-17)18-8-3-4-13(18)2/h5-6,10,13,15H,3-4,7-9,11H2,1-2H3/t13-,15?/m0/s1. The van der Waals surface area contributed by atoms with E-state index in [1.54, 1.807) is 6.07 Å². The minimum Gasteiger partial charge on any atom is -0.370 e. The van der Waals surface area contributed by atoms with Crippen LogP contribution in [0.3, 0.4) is 0 Å². The van der Waals surface area contributed by atoms with Crippen LogP contribution in [0, 0.1) is 17.0 Å². The monoisotopic (exact) mass is 289 g/mol. The third-order valence-electron chi connectivity index (χ3n) is 4.98. The first-order valence-electron chi connectivity index (χ1n) is 7.82. The average Bonchev–Trinajstić information content (AvgIpc) is 3.06. The predicted molar refractivity (Wildman–Crippen MR) is 83.9 cm³/mol. The van der Waals surface area contributed by atoms with Crippen molar-refractivity contribution in [3.05, 3.63) is 33.9 Å². The Morgan fingerprint density at radius 2 is 2.10 bits per heavy atom. The fourth-order valence-electron chi connectivity index (χ4n) is 3.79. The maximum atomic E-state index is 10.9. The van der Waals surface area contributed by atoms with E-state index in [9.17, 15) is 10.1 Å². The summed E-state index contributed by atoms with van der Waals surface area (Å²) in [5.41, 5.74) is 2.07. The minimum absolute atomic E-state index is 0.211. The van der Waals surface area contributed by atoms with Crippen LogP contribution in [-0.2, 0) is 0 Å². The van der Waals surface area contributed by atoms with E-state index in [0.717, 1.165) is 24.3 Å². The first-order valence-corrected chi connectivity index (χ1v) is 7.82. The molecule has 2 heterocycles. The molecule has 0 aliphatic carbocycles. The van der Waals surface area contributed by atoms with E-state index in [4.69, 9.17) is 0 Å². The molecule has 2 fully saturated rings. The van der Waals surface area contributed by atoms with E-state index < -0.39 is 0 Å². The molecule has 21 heavy (non-hydrogen) atoms. The van der Waals surface area contributed by atoms with Crippen molar-refractivity contribution in [2.45, 2.75) is 45.2 Å². The number of aryl methyl sites for hydroxylation is 1. The molecule has 0 radical (unpaired) electrons. The number of nitro benzene ring substituents is 1. The van der Waals surface area contributed by atoms with Gasteiger partial charge in [0.1, 0.15) is 0 Å². The van der Waals surface area contributed by atoms with Crippen molar-refractivity contribution in [1.82, 2.24) is 4.90 Å². The quantitative estimate of drug-likeness (QED) is 0.634. The minimum atomic E-state index is -0.308. The zero-order valence-electron chi connectivity index (χ0n) is 12.8. The van der Waals surface area contributed by atoms with E-state index in [1.165, 1.54) is 25.8 Å². The zero-order valence-corrected chi connectivity index (χ0v) is 12.8. The number of likely N-dealkylation sites (tertiary alicyclic amines) is 1. The number of nitro groups is 1. The molecule has 0 aromatic heterocycles. The molecule has 3 rings (SSSR count). The van der Waals surface area contributed by atoms with Crippen LogP contribution in [0.1, 0.15) is 31.7 Å². The first-order chi connectivity index (χ1) is 10.1. The fourth-order valence-corrected chi connectivity index (χ4v) is 3.79. The highest BCUT2D eigenvalue weighted by Crippen LogP contribution is 2.30. The van der Waals surface area contributed by atoms with Crippen molar-refractivity contribution >= 4 is 11.4 Å². The Hall–Kier alpha value is -1.62. The number of rotatable bonds is 3. The second kappa shape index (κ2) is 5.64. The second-order valence-corrected chi connectivity index (χ2v) is 6.35. The maximum absolute atomic E-state index is 10.9. The summed E-state index contributed by atoms with van der Waals surface area (Å²) in [5.74, 6) is 0. The van der Waals surface area contributed by atoms with Crippen LogP contribution in [0.2, 0.25) is 0 Å². The molecule has 2 aliphatic heterocycles. The van der Waals surface area contributed by atoms with Crippen molar-refractivity contribution in [3.63, 3.8) is 0 Å². The molecule has 2 aliphatic rings. The Labute approximate surface area is 125 Å². The van der Waals surface area contributed by atoms with Gasteiger partial charge in [0.05, 0.1) is 4.92 Å². The first kappa shape index (κ1) is 14.3. The molecule has 0 amide bonds. The van der Waals surface area contributed by atoms with Gasteiger partial charge in [-0.3, -0.25) is 15.0 Å². The van der Waals surface area contributed by atoms with Crippen LogP contribution in [0.15, 0.2) is 18.2 Å². The topological polar surface area (TPSA) is 49.6 Å². The van der Waals surface area contributed by atoms with Gasteiger partial charge in [-0.15, -0.1) is 0 Å². The molecule has 114 valence electrons. The van der Waals surface area contributed by atoms with Gasteiger partial charge in [-0.05, 0) is 51.8 Å². The van der Waals surface area contributed by atoms with Crippen molar-refractivity contribution in [2.75, 3.05) is 24.5 Å². The molecule has 2 saturated heterocycles. The Morgan fingerprint density at radius 1 is 1.29 bits per heavy atom. The van der Waals surface area contributed by atoms with Gasteiger partial charge in [-0.2, -0.15) is 0 Å². The summed E-state index contributed by atoms with van der Waals surface area (Å²) in [4.78, 5) is 15.6. The number of hydrogen-bond acceptors (Lipinski definition) is 4. The molecule has 1 aromatic carbocycles. The summed E-state index contributed by atoms with van der Waals surface area (Å²) < 4.78 is 0. The number of anilines is 1. The third kappa shape index (κ3) is 2.75. The highest BCUT2D eigenvalue weighted by Gasteiger charge is 2.33. The van der Waals surface area contributed by atoms with Gasteiger partial charge in [0.25, 0.3) is 5.69 Å². The molecule has 5 heteroatoms. The summed E-state index contributed by atoms with van der Waals surface area (Å²) in [6.45, 7) is 7.45. The highest BCUT2D eigenvalue weighted by molar-refractivity contribution is 5.56. The lowest BCUT2D eigenvalue weighted by molar-refractivity contribution is -0.385. The molecular formula is C16H23N3O2. The molecule has 1 unspecified atom stereocenters. The van der Waals surface area contributed by atoms with Gasteiger partial charge >= 0.3 is 0 Å². The van der Waals surface area contributed by atoms with Crippen LogP contribution in [0.25, 0.3) is 0 Å². The predicted octanol–water partition coefficient (Wildman–Crippen LogP) is 2.97. The Bertz CT molecular complexity index is 546. The van der Waals surface area contributed by atoms with Gasteiger partial charge in [0.15, 0.2) is 0 Å². The molecule has 0 N–H and O–H groups in total. The SMILES string of the molecule is Cc1cc(N2CCC(N3CCC[C@@H]3C)C2)ccc1[N+](=O)[O-]. The number of hydrogen-bond donors (Lipinski definition) is 0. The number of benzene rings is 1. The number of nitrogens with zero attached hydrogens (tertiary/aromatic N) is 3. The van der Waals surface area contributed by atoms with Crippen molar-refractivity contribution in [3.8, 4) is 0 Å². The van der Waals surface area contributed by atoms with Gasteiger partial charge < -0.3 is 4.90 Å². The fraction of sp³-hybridized carbons (Fsp3) is 0.625. The Morgan fingerprint density at radius 3 is 2.71 bits per heavy atom. The van der Waals surface area contributed by atoms with Crippen LogP contribution < -0.4 is 4.90 Å². The zero-order chi connectivity index (χ0) is 15.0. The summed E-state index contributed by atoms with van der Waals surface area (Å²) in [7, 11) is 0. The van der Waals surface area contributed by atoms with Crippen molar-refractivity contribution in [2.24, 2.45) is 0 Å². The lowest BCUT2D eigenvalue weighted by Gasteiger charge is -2.28. The van der Waals surface area contributed by atoms with Crippen LogP contribution in [0.5, 0.6) is 0 Å². The Balaban J connectivity index is 1.71. The summed E-state index contributed by atoms with van der Waals surface area (Å²) in [6, 6.07) is 6.82. The molecule has 5 nitrogen and oxygen atoms in total. The van der Waals surface area contributed by atoms with Gasteiger partial charge in [0.2, 0.25) is 0 Å². The van der Waals surface area contributed by atoms with Gasteiger partial charge in [0, 0.05) is 42.5 Å². The highest BCUT2D eigenvalue weighted by atomic mass is 16.6. The lowest BCUT2D eigenvalue weighted by atomic mass is 10.1. The second-order valence-electron chi connectivity index (χ2n) is 6.35. The maximum Gasteiger partial charge on any atom is 0.272 e. The van der Waals surface area contributed by atoms with Crippen molar-refractivity contribution < 1.29 is 4.92 Å². The molecule has 0 bridgehead atoms. The van der Waals surface area contributed by atoms with Gasteiger partial charge in [-0.1, -0.05) is 0 Å². The summed E-state index contributed by atoms with van der Waals surface area (Å²) in [5, 5.41) is 10.9. The summed E-state index contributed by atoms with van der Waals surface area (Å²) >= 11 is 0. The van der Waals surface area contributed by atoms with E-state index in [2.05, 4.69) is 16.7 Å². The van der Waals surface area contributed by atoms with Crippen LogP contribution >= 0.6 is 0 Å². The summed E-state index contributed by atoms with van der Waals surface area (Å²) in [6.07, 6.45) is 3.82. The molecular weight excluding hydrogens is 266 g/mol. The normalized spacial score (nSPS) is 26.5. The van der Waals surface area contributed by atoms with Crippen molar-refractivity contribution in [1.29, 1.82) is 0 Å². The van der Waals surface area contributed by atoms with E-state index in [-0.39, 0.29) is 10.6 Å². The average molecular weight is 289 g/mol. The molecule has 1 aromatic rings. The van der Waals surface area contributed by atoms with E-state index in [0.29, 0.717) is 12.1 Å². The molecule has 0 spiro atoms. The smallest absolute Gasteiger partial charge is 0.272 e. The van der Waals surface area contributed by atoms with Crippen LogP contribution in [-0.4, -0.2) is 41.5 Å². The Kier molecular flexibility index (Phi) is 3.85. The van der Waals surface area contributed by atoms with Crippen LogP contribution in [0.4, 0.5) is 11.4 Å².